The molecule has 2 rings (SSSR count). The molecule has 1 heterocycles. The molecular formula is C18H24N4O3S. The number of carbonyl (C=O) groups is 2. The molecule has 140 valence electrons. The second-order valence-electron chi connectivity index (χ2n) is 5.95. The molecule has 0 bridgehead atoms. The van der Waals surface area contributed by atoms with Gasteiger partial charge in [0.25, 0.3) is 0 Å². The molecule has 1 amide bonds. The van der Waals surface area contributed by atoms with E-state index in [-0.39, 0.29) is 23.5 Å². The summed E-state index contributed by atoms with van der Waals surface area (Å²) in [6, 6.07) is 9.85. The van der Waals surface area contributed by atoms with Crippen molar-refractivity contribution < 1.29 is 14.3 Å². The fraction of sp³-hybridized carbons (Fsp3) is 0.444. The van der Waals surface area contributed by atoms with Gasteiger partial charge >= 0.3 is 5.97 Å². The van der Waals surface area contributed by atoms with Gasteiger partial charge in [0.05, 0.1) is 18.4 Å². The first-order chi connectivity index (χ1) is 12.4. The van der Waals surface area contributed by atoms with Crippen LogP contribution >= 0.6 is 11.8 Å². The number of thioether (sulfide) groups is 1. The largest absolute Gasteiger partial charge is 0.466 e. The van der Waals surface area contributed by atoms with Crippen molar-refractivity contribution in [2.24, 2.45) is 0 Å². The van der Waals surface area contributed by atoms with Gasteiger partial charge in [0.2, 0.25) is 5.91 Å². The van der Waals surface area contributed by atoms with E-state index in [1.807, 2.05) is 41.8 Å². The van der Waals surface area contributed by atoms with E-state index >= 15 is 0 Å². The lowest BCUT2D eigenvalue weighted by molar-refractivity contribution is -0.142. The Morgan fingerprint density at radius 3 is 2.54 bits per heavy atom. The van der Waals surface area contributed by atoms with Gasteiger partial charge in [-0.05, 0) is 19.4 Å². The monoisotopic (exact) mass is 376 g/mol. The van der Waals surface area contributed by atoms with E-state index < -0.39 is 0 Å². The molecule has 26 heavy (non-hydrogen) atoms. The summed E-state index contributed by atoms with van der Waals surface area (Å²) in [6.07, 6.45) is 0.0459. The SMILES string of the molecule is CCOC(=O)Cc1nnc(SC(C)C(=O)N(C)C)n1Cc1ccccc1. The molecule has 0 saturated heterocycles. The Bertz CT molecular complexity index is 746. The minimum atomic E-state index is -0.344. The summed E-state index contributed by atoms with van der Waals surface area (Å²) in [5.41, 5.74) is 1.06. The molecule has 0 aliphatic heterocycles. The summed E-state index contributed by atoms with van der Waals surface area (Å²) in [5.74, 6) is 0.179. The minimum absolute atomic E-state index is 0.00351. The van der Waals surface area contributed by atoms with Gasteiger partial charge < -0.3 is 14.2 Å². The third-order valence-corrected chi connectivity index (χ3v) is 4.72. The Labute approximate surface area is 157 Å². The predicted octanol–water partition coefficient (Wildman–Crippen LogP) is 2.00. The smallest absolute Gasteiger partial charge is 0.313 e. The Hall–Kier alpha value is -2.35. The van der Waals surface area contributed by atoms with Gasteiger partial charge in [-0.25, -0.2) is 0 Å². The number of ether oxygens (including phenoxy) is 1. The summed E-state index contributed by atoms with van der Waals surface area (Å²) in [7, 11) is 3.44. The zero-order valence-electron chi connectivity index (χ0n) is 15.5. The molecule has 0 saturated carbocycles. The van der Waals surface area contributed by atoms with Crippen LogP contribution in [0.15, 0.2) is 35.5 Å². The summed E-state index contributed by atoms with van der Waals surface area (Å²) < 4.78 is 6.89. The first kappa shape index (κ1) is 20.0. The fourth-order valence-corrected chi connectivity index (χ4v) is 3.39. The topological polar surface area (TPSA) is 77.3 Å². The van der Waals surface area contributed by atoms with Crippen LogP contribution in [0.5, 0.6) is 0 Å². The number of amides is 1. The highest BCUT2D eigenvalue weighted by Gasteiger charge is 2.22. The molecule has 1 aromatic carbocycles. The molecule has 0 N–H and O–H groups in total. The third-order valence-electron chi connectivity index (χ3n) is 3.66. The van der Waals surface area contributed by atoms with Gasteiger partial charge in [-0.1, -0.05) is 42.1 Å². The van der Waals surface area contributed by atoms with Crippen molar-refractivity contribution in [3.63, 3.8) is 0 Å². The number of nitrogens with zero attached hydrogens (tertiary/aromatic N) is 4. The second-order valence-corrected chi connectivity index (χ2v) is 7.25. The van der Waals surface area contributed by atoms with Crippen molar-refractivity contribution >= 4 is 23.6 Å². The number of benzene rings is 1. The van der Waals surface area contributed by atoms with Crippen molar-refractivity contribution in [2.45, 2.75) is 37.2 Å². The number of rotatable bonds is 8. The highest BCUT2D eigenvalue weighted by molar-refractivity contribution is 8.00. The predicted molar refractivity (Wildman–Crippen MR) is 99.9 cm³/mol. The van der Waals surface area contributed by atoms with Gasteiger partial charge in [0, 0.05) is 14.1 Å². The number of aromatic nitrogens is 3. The molecule has 1 aromatic heterocycles. The molecule has 0 aliphatic carbocycles. The van der Waals surface area contributed by atoms with Crippen LogP contribution in [-0.4, -0.2) is 57.5 Å². The van der Waals surface area contributed by atoms with Crippen LogP contribution in [0, 0.1) is 0 Å². The average molecular weight is 376 g/mol. The number of esters is 1. The lowest BCUT2D eigenvalue weighted by Gasteiger charge is -2.16. The molecule has 0 aliphatic rings. The van der Waals surface area contributed by atoms with Crippen molar-refractivity contribution in [3.8, 4) is 0 Å². The number of carbonyl (C=O) groups excluding carboxylic acids is 2. The van der Waals surface area contributed by atoms with Crippen LogP contribution in [0.4, 0.5) is 0 Å². The standard InChI is InChI=1S/C18H24N4O3S/c1-5-25-16(23)11-15-19-20-18(26-13(2)17(24)21(3)4)22(15)12-14-9-7-6-8-10-14/h6-10,13H,5,11-12H2,1-4H3. The highest BCUT2D eigenvalue weighted by Crippen LogP contribution is 2.24. The van der Waals surface area contributed by atoms with Crippen molar-refractivity contribution in [1.82, 2.24) is 19.7 Å². The Kier molecular flexibility index (Phi) is 7.20. The van der Waals surface area contributed by atoms with Crippen molar-refractivity contribution in [3.05, 3.63) is 41.7 Å². The van der Waals surface area contributed by atoms with E-state index in [0.717, 1.165) is 5.56 Å². The second kappa shape index (κ2) is 9.38. The Morgan fingerprint density at radius 1 is 1.23 bits per heavy atom. The van der Waals surface area contributed by atoms with E-state index in [0.29, 0.717) is 24.1 Å². The molecule has 0 fully saturated rings. The highest BCUT2D eigenvalue weighted by atomic mass is 32.2. The van der Waals surface area contributed by atoms with Crippen LogP contribution in [0.1, 0.15) is 25.2 Å². The molecule has 8 heteroatoms. The molecule has 0 radical (unpaired) electrons. The third kappa shape index (κ3) is 5.32. The summed E-state index contributed by atoms with van der Waals surface area (Å²) >= 11 is 1.33. The van der Waals surface area contributed by atoms with Crippen LogP contribution < -0.4 is 0 Å². The Balaban J connectivity index is 2.27. The maximum Gasteiger partial charge on any atom is 0.313 e. The van der Waals surface area contributed by atoms with Gasteiger partial charge in [0.1, 0.15) is 12.2 Å². The zero-order valence-corrected chi connectivity index (χ0v) is 16.3. The summed E-state index contributed by atoms with van der Waals surface area (Å²) in [5, 5.41) is 8.66. The molecule has 0 spiro atoms. The first-order valence-corrected chi connectivity index (χ1v) is 9.29. The van der Waals surface area contributed by atoms with E-state index in [9.17, 15) is 9.59 Å². The van der Waals surface area contributed by atoms with Crippen molar-refractivity contribution in [2.75, 3.05) is 20.7 Å². The molecule has 1 unspecified atom stereocenters. The number of hydrogen-bond acceptors (Lipinski definition) is 6. The summed E-state index contributed by atoms with van der Waals surface area (Å²) in [4.78, 5) is 25.6. The van der Waals surface area contributed by atoms with Crippen LogP contribution in [0.25, 0.3) is 0 Å². The van der Waals surface area contributed by atoms with Gasteiger partial charge in [-0.2, -0.15) is 0 Å². The minimum Gasteiger partial charge on any atom is -0.466 e. The normalized spacial score (nSPS) is 11.8. The van der Waals surface area contributed by atoms with Crippen molar-refractivity contribution in [1.29, 1.82) is 0 Å². The van der Waals surface area contributed by atoms with Gasteiger partial charge in [-0.15, -0.1) is 10.2 Å². The molecule has 2 aromatic rings. The van der Waals surface area contributed by atoms with Crippen LogP contribution in [0.3, 0.4) is 0 Å². The average Bonchev–Trinajstić information content (AvgIpc) is 2.96. The van der Waals surface area contributed by atoms with Gasteiger partial charge in [-0.3, -0.25) is 9.59 Å². The van der Waals surface area contributed by atoms with E-state index in [1.165, 1.54) is 11.8 Å². The maximum absolute atomic E-state index is 12.2. The lowest BCUT2D eigenvalue weighted by atomic mass is 10.2. The number of hydrogen-bond donors (Lipinski definition) is 0. The quantitative estimate of drug-likeness (QED) is 0.518. The maximum atomic E-state index is 12.2. The molecule has 1 atom stereocenters. The zero-order chi connectivity index (χ0) is 19.1. The fourth-order valence-electron chi connectivity index (χ4n) is 2.37. The van der Waals surface area contributed by atoms with E-state index in [4.69, 9.17) is 4.74 Å². The molecule has 7 nitrogen and oxygen atoms in total. The van der Waals surface area contributed by atoms with Crippen LogP contribution in [0.2, 0.25) is 0 Å². The first-order valence-electron chi connectivity index (χ1n) is 8.41. The lowest BCUT2D eigenvalue weighted by Crippen LogP contribution is -2.30. The molecular weight excluding hydrogens is 352 g/mol. The summed E-state index contributed by atoms with van der Waals surface area (Å²) in [6.45, 7) is 4.44. The van der Waals surface area contributed by atoms with Crippen LogP contribution in [-0.2, 0) is 27.3 Å². The Morgan fingerprint density at radius 2 is 1.92 bits per heavy atom. The van der Waals surface area contributed by atoms with E-state index in [2.05, 4.69) is 10.2 Å². The van der Waals surface area contributed by atoms with E-state index in [1.54, 1.807) is 25.9 Å². The van der Waals surface area contributed by atoms with Gasteiger partial charge in [0.15, 0.2) is 5.16 Å².